The number of nitrogens with two attached hydrogens (primary N) is 2. The van der Waals surface area contributed by atoms with Crippen LogP contribution >= 0.6 is 0 Å². The molecule has 0 spiro atoms. The molecule has 0 aromatic carbocycles. The second kappa shape index (κ2) is 3.62. The first-order valence-electron chi connectivity index (χ1n) is 5.14. The van der Waals surface area contributed by atoms with Crippen molar-refractivity contribution in [3.05, 3.63) is 24.0 Å². The third-order valence-corrected chi connectivity index (χ3v) is 3.28. The molecule has 4 heteroatoms. The molecule has 1 aliphatic rings. The largest absolute Gasteiger partial charge is 0.398 e. The fourth-order valence-corrected chi connectivity index (χ4v) is 2.01. The van der Waals surface area contributed by atoms with Gasteiger partial charge >= 0.3 is 0 Å². The van der Waals surface area contributed by atoms with Crippen LogP contribution in [0.15, 0.2) is 18.5 Å². The van der Waals surface area contributed by atoms with Crippen LogP contribution in [0.1, 0.15) is 29.6 Å². The van der Waals surface area contributed by atoms with Gasteiger partial charge in [0.15, 0.2) is 5.78 Å². The zero-order chi connectivity index (χ0) is 10.9. The summed E-state index contributed by atoms with van der Waals surface area (Å²) in [6, 6.07) is 1.65. The zero-order valence-corrected chi connectivity index (χ0v) is 8.57. The van der Waals surface area contributed by atoms with Gasteiger partial charge < -0.3 is 11.5 Å². The topological polar surface area (TPSA) is 82.0 Å². The van der Waals surface area contributed by atoms with Gasteiger partial charge in [0.25, 0.3) is 0 Å². The minimum absolute atomic E-state index is 0.0573. The lowest BCUT2D eigenvalue weighted by molar-refractivity contribution is 0.0636. The second-order valence-electron chi connectivity index (χ2n) is 4.13. The molecular weight excluding hydrogens is 190 g/mol. The van der Waals surface area contributed by atoms with Crippen molar-refractivity contribution in [1.29, 1.82) is 0 Å². The Morgan fingerprint density at radius 1 is 1.53 bits per heavy atom. The smallest absolute Gasteiger partial charge is 0.173 e. The Morgan fingerprint density at radius 2 is 2.27 bits per heavy atom. The summed E-state index contributed by atoms with van der Waals surface area (Å²) in [5, 5.41) is 0. The van der Waals surface area contributed by atoms with E-state index in [-0.39, 0.29) is 11.2 Å². The third kappa shape index (κ3) is 1.51. The second-order valence-corrected chi connectivity index (χ2v) is 4.13. The van der Waals surface area contributed by atoms with Gasteiger partial charge in [0.1, 0.15) is 0 Å². The molecule has 0 unspecified atom stereocenters. The monoisotopic (exact) mass is 205 g/mol. The van der Waals surface area contributed by atoms with Gasteiger partial charge in [0.05, 0.1) is 5.56 Å². The first-order chi connectivity index (χ1) is 7.19. The summed E-state index contributed by atoms with van der Waals surface area (Å²) in [5.41, 5.74) is 12.1. The van der Waals surface area contributed by atoms with Gasteiger partial charge in [0, 0.05) is 30.0 Å². The summed E-state index contributed by atoms with van der Waals surface area (Å²) in [7, 11) is 0. The minimum atomic E-state index is -0.364. The minimum Gasteiger partial charge on any atom is -0.398 e. The van der Waals surface area contributed by atoms with E-state index in [1.54, 1.807) is 12.3 Å². The van der Waals surface area contributed by atoms with E-state index < -0.39 is 0 Å². The summed E-state index contributed by atoms with van der Waals surface area (Å²) >= 11 is 0. The highest BCUT2D eigenvalue weighted by Crippen LogP contribution is 2.43. The summed E-state index contributed by atoms with van der Waals surface area (Å²) in [6.07, 6.45) is 5.94. The van der Waals surface area contributed by atoms with E-state index in [0.29, 0.717) is 17.8 Å². The van der Waals surface area contributed by atoms with Crippen molar-refractivity contribution in [2.24, 2.45) is 11.1 Å². The van der Waals surface area contributed by atoms with E-state index >= 15 is 0 Å². The van der Waals surface area contributed by atoms with Crippen molar-refractivity contribution in [1.82, 2.24) is 4.98 Å². The van der Waals surface area contributed by atoms with E-state index in [2.05, 4.69) is 4.98 Å². The van der Waals surface area contributed by atoms with Gasteiger partial charge in [0.2, 0.25) is 0 Å². The molecule has 1 saturated carbocycles. The molecule has 15 heavy (non-hydrogen) atoms. The summed E-state index contributed by atoms with van der Waals surface area (Å²) in [4.78, 5) is 16.1. The number of Topliss-reactive ketones (excluding diaryl/α,β-unsaturated/α-hetero) is 1. The number of anilines is 1. The van der Waals surface area contributed by atoms with Crippen LogP contribution in [0.5, 0.6) is 0 Å². The van der Waals surface area contributed by atoms with Crippen molar-refractivity contribution in [2.75, 3.05) is 12.3 Å². The average molecular weight is 205 g/mol. The number of hydrogen-bond donors (Lipinski definition) is 2. The zero-order valence-electron chi connectivity index (χ0n) is 8.57. The van der Waals surface area contributed by atoms with Crippen molar-refractivity contribution in [2.45, 2.75) is 19.3 Å². The van der Waals surface area contributed by atoms with Crippen LogP contribution in [-0.2, 0) is 0 Å². The highest BCUT2D eigenvalue weighted by atomic mass is 16.1. The Morgan fingerprint density at radius 3 is 2.73 bits per heavy atom. The van der Waals surface area contributed by atoms with Crippen LogP contribution in [0.4, 0.5) is 5.69 Å². The molecule has 2 rings (SSSR count). The van der Waals surface area contributed by atoms with Crippen molar-refractivity contribution < 1.29 is 4.79 Å². The molecular formula is C11H15N3O. The van der Waals surface area contributed by atoms with Gasteiger partial charge in [-0.15, -0.1) is 0 Å². The first kappa shape index (κ1) is 10.1. The van der Waals surface area contributed by atoms with Gasteiger partial charge in [-0.2, -0.15) is 0 Å². The molecule has 0 aliphatic heterocycles. The fourth-order valence-electron chi connectivity index (χ4n) is 2.01. The normalized spacial score (nSPS) is 18.2. The Kier molecular flexibility index (Phi) is 2.44. The molecule has 80 valence electrons. The Balaban J connectivity index is 2.32. The van der Waals surface area contributed by atoms with Gasteiger partial charge in [-0.3, -0.25) is 9.78 Å². The molecule has 0 bridgehead atoms. The van der Waals surface area contributed by atoms with Gasteiger partial charge in [-0.25, -0.2) is 0 Å². The molecule has 0 saturated heterocycles. The Bertz CT molecular complexity index is 380. The number of nitrogens with zero attached hydrogens (tertiary/aromatic N) is 1. The number of aromatic nitrogens is 1. The predicted octanol–water partition coefficient (Wildman–Crippen LogP) is 0.975. The molecule has 4 N–H and O–H groups in total. The molecule has 0 atom stereocenters. The summed E-state index contributed by atoms with van der Waals surface area (Å²) < 4.78 is 0. The summed E-state index contributed by atoms with van der Waals surface area (Å²) in [6.45, 7) is 0.403. The lowest BCUT2D eigenvalue weighted by Gasteiger charge is -2.39. The van der Waals surface area contributed by atoms with Gasteiger partial charge in [-0.05, 0) is 18.9 Å². The summed E-state index contributed by atoms with van der Waals surface area (Å²) in [5.74, 6) is 0.0573. The fraction of sp³-hybridized carbons (Fsp3) is 0.455. The van der Waals surface area contributed by atoms with Crippen LogP contribution < -0.4 is 11.5 Å². The number of carbonyl (C=O) groups is 1. The van der Waals surface area contributed by atoms with Crippen molar-refractivity contribution >= 4 is 11.5 Å². The molecule has 1 fully saturated rings. The predicted molar refractivity (Wildman–Crippen MR) is 58.3 cm³/mol. The van der Waals surface area contributed by atoms with E-state index in [1.165, 1.54) is 6.20 Å². The number of nitrogen functional groups attached to an aromatic ring is 1. The van der Waals surface area contributed by atoms with E-state index in [9.17, 15) is 4.79 Å². The van der Waals surface area contributed by atoms with Crippen LogP contribution in [0.2, 0.25) is 0 Å². The molecule has 0 amide bonds. The maximum atomic E-state index is 12.2. The third-order valence-electron chi connectivity index (χ3n) is 3.28. The Hall–Kier alpha value is -1.42. The molecule has 1 aromatic heterocycles. The number of hydrogen-bond acceptors (Lipinski definition) is 4. The molecule has 4 nitrogen and oxygen atoms in total. The van der Waals surface area contributed by atoms with E-state index in [4.69, 9.17) is 11.5 Å². The highest BCUT2D eigenvalue weighted by Gasteiger charge is 2.43. The van der Waals surface area contributed by atoms with E-state index in [0.717, 1.165) is 19.3 Å². The Labute approximate surface area is 88.7 Å². The van der Waals surface area contributed by atoms with Crippen molar-refractivity contribution in [3.8, 4) is 0 Å². The van der Waals surface area contributed by atoms with Crippen LogP contribution in [0.3, 0.4) is 0 Å². The molecule has 0 radical (unpaired) electrons. The quantitative estimate of drug-likeness (QED) is 0.720. The number of rotatable bonds is 3. The maximum absolute atomic E-state index is 12.2. The average Bonchev–Trinajstić information content (AvgIpc) is 2.17. The standard InChI is InChI=1S/C11H15N3O/c12-7-11(3-1-4-11)10(15)8-6-14-5-2-9(8)13/h2,5-6H,1,3-4,7,12H2,(H2,13,14). The van der Waals surface area contributed by atoms with Crippen molar-refractivity contribution in [3.63, 3.8) is 0 Å². The van der Waals surface area contributed by atoms with Crippen LogP contribution in [-0.4, -0.2) is 17.3 Å². The van der Waals surface area contributed by atoms with Gasteiger partial charge in [-0.1, -0.05) is 6.42 Å². The van der Waals surface area contributed by atoms with E-state index in [1.807, 2.05) is 0 Å². The number of ketones is 1. The first-order valence-corrected chi connectivity index (χ1v) is 5.14. The lowest BCUT2D eigenvalue weighted by atomic mass is 9.64. The number of carbonyl (C=O) groups excluding carboxylic acids is 1. The maximum Gasteiger partial charge on any atom is 0.173 e. The lowest BCUT2D eigenvalue weighted by Crippen LogP contribution is -2.44. The van der Waals surface area contributed by atoms with Crippen LogP contribution in [0.25, 0.3) is 0 Å². The molecule has 1 heterocycles. The molecule has 1 aromatic rings. The highest BCUT2D eigenvalue weighted by molar-refractivity contribution is 6.04. The SMILES string of the molecule is NCC1(C(=O)c2cnccc2N)CCC1. The molecule has 1 aliphatic carbocycles. The van der Waals surface area contributed by atoms with Crippen LogP contribution in [0, 0.1) is 5.41 Å². The number of pyridine rings is 1.